The number of rotatable bonds is 4. The molecule has 1 aromatic carbocycles. The molecule has 96 valence electrons. The number of benzene rings is 1. The summed E-state index contributed by atoms with van der Waals surface area (Å²) in [6, 6.07) is 6.40. The number of carbonyl (C=O) groups excluding carboxylic acids is 1. The summed E-state index contributed by atoms with van der Waals surface area (Å²) in [5, 5.41) is 0. The highest BCUT2D eigenvalue weighted by molar-refractivity contribution is 9.10. The van der Waals surface area contributed by atoms with Gasteiger partial charge in [-0.3, -0.25) is 0 Å². The highest BCUT2D eigenvalue weighted by Gasteiger charge is 2.39. The van der Waals surface area contributed by atoms with Crippen LogP contribution in [0.5, 0.6) is 0 Å². The molecule has 0 radical (unpaired) electrons. The lowest BCUT2D eigenvalue weighted by Gasteiger charge is -2.37. The van der Waals surface area contributed by atoms with Gasteiger partial charge in [0.05, 0.1) is 5.54 Å². The molecule has 0 aliphatic heterocycles. The van der Waals surface area contributed by atoms with Crippen molar-refractivity contribution in [2.75, 3.05) is 0 Å². The maximum absolute atomic E-state index is 10.6. The molecule has 0 bridgehead atoms. The summed E-state index contributed by atoms with van der Waals surface area (Å²) in [6.07, 6.45) is 5.90. The van der Waals surface area contributed by atoms with E-state index in [-0.39, 0.29) is 5.54 Å². The van der Waals surface area contributed by atoms with Gasteiger partial charge < -0.3 is 0 Å². The minimum absolute atomic E-state index is 0.293. The average molecular weight is 308 g/mol. The quantitative estimate of drug-likeness (QED) is 0.586. The van der Waals surface area contributed by atoms with Crippen molar-refractivity contribution in [3.63, 3.8) is 0 Å². The first kappa shape index (κ1) is 13.5. The lowest BCUT2D eigenvalue weighted by atomic mass is 9.72. The van der Waals surface area contributed by atoms with E-state index in [0.717, 1.165) is 35.7 Å². The zero-order valence-electron chi connectivity index (χ0n) is 10.9. The van der Waals surface area contributed by atoms with Crippen molar-refractivity contribution in [1.82, 2.24) is 0 Å². The van der Waals surface area contributed by atoms with Crippen LogP contribution in [0.25, 0.3) is 0 Å². The molecule has 1 aromatic rings. The SMILES string of the molecule is CCC(C)c1ccc(C2(N=C=O)CCC2)cc1Br. The second-order valence-corrected chi connectivity index (χ2v) is 5.99. The van der Waals surface area contributed by atoms with Crippen molar-refractivity contribution < 1.29 is 4.79 Å². The Morgan fingerprint density at radius 2 is 2.22 bits per heavy atom. The number of hydrogen-bond acceptors (Lipinski definition) is 2. The molecule has 1 atom stereocenters. The second-order valence-electron chi connectivity index (χ2n) is 5.13. The van der Waals surface area contributed by atoms with E-state index in [1.807, 2.05) is 0 Å². The first-order valence-electron chi connectivity index (χ1n) is 6.52. The maximum atomic E-state index is 10.6. The highest BCUT2D eigenvalue weighted by atomic mass is 79.9. The van der Waals surface area contributed by atoms with Crippen molar-refractivity contribution in [2.45, 2.75) is 51.0 Å². The van der Waals surface area contributed by atoms with Gasteiger partial charge in [0.1, 0.15) is 0 Å². The maximum Gasteiger partial charge on any atom is 0.235 e. The van der Waals surface area contributed by atoms with Crippen molar-refractivity contribution in [1.29, 1.82) is 0 Å². The van der Waals surface area contributed by atoms with Crippen LogP contribution in [0, 0.1) is 0 Å². The number of aliphatic imine (C=N–C) groups is 1. The summed E-state index contributed by atoms with van der Waals surface area (Å²) in [4.78, 5) is 14.6. The Bertz CT molecular complexity index is 487. The minimum atomic E-state index is -0.293. The summed E-state index contributed by atoms with van der Waals surface area (Å²) < 4.78 is 1.13. The van der Waals surface area contributed by atoms with Crippen LogP contribution in [0.1, 0.15) is 56.6 Å². The zero-order valence-corrected chi connectivity index (χ0v) is 12.5. The summed E-state index contributed by atoms with van der Waals surface area (Å²) in [7, 11) is 0. The molecule has 2 nitrogen and oxygen atoms in total. The van der Waals surface area contributed by atoms with Gasteiger partial charge in [-0.15, -0.1) is 0 Å². The normalized spacial score (nSPS) is 18.6. The predicted molar refractivity (Wildman–Crippen MR) is 76.5 cm³/mol. The van der Waals surface area contributed by atoms with Crippen molar-refractivity contribution in [3.8, 4) is 0 Å². The lowest BCUT2D eigenvalue weighted by Crippen LogP contribution is -2.31. The molecule has 0 heterocycles. The zero-order chi connectivity index (χ0) is 13.2. The Labute approximate surface area is 117 Å². The molecule has 1 aliphatic carbocycles. The first-order chi connectivity index (χ1) is 8.63. The Morgan fingerprint density at radius 3 is 2.67 bits per heavy atom. The number of halogens is 1. The summed E-state index contributed by atoms with van der Waals surface area (Å²) in [5.41, 5.74) is 2.17. The largest absolute Gasteiger partial charge is 0.235 e. The van der Waals surface area contributed by atoms with E-state index < -0.39 is 0 Å². The van der Waals surface area contributed by atoms with Crippen molar-refractivity contribution >= 4 is 22.0 Å². The van der Waals surface area contributed by atoms with Gasteiger partial charge in [-0.05, 0) is 48.8 Å². The molecule has 3 heteroatoms. The van der Waals surface area contributed by atoms with Crippen molar-refractivity contribution in [3.05, 3.63) is 33.8 Å². The van der Waals surface area contributed by atoms with Gasteiger partial charge in [0.15, 0.2) is 0 Å². The van der Waals surface area contributed by atoms with E-state index >= 15 is 0 Å². The molecule has 2 rings (SSSR count). The van der Waals surface area contributed by atoms with Gasteiger partial charge in [0, 0.05) is 4.47 Å². The van der Waals surface area contributed by atoms with Crippen LogP contribution in [-0.4, -0.2) is 6.08 Å². The van der Waals surface area contributed by atoms with E-state index in [4.69, 9.17) is 0 Å². The topological polar surface area (TPSA) is 29.4 Å². The van der Waals surface area contributed by atoms with E-state index in [9.17, 15) is 4.79 Å². The second kappa shape index (κ2) is 5.38. The fraction of sp³-hybridized carbons (Fsp3) is 0.533. The van der Waals surface area contributed by atoms with Gasteiger partial charge in [0.2, 0.25) is 6.08 Å². The number of nitrogens with zero attached hydrogens (tertiary/aromatic N) is 1. The van der Waals surface area contributed by atoms with Gasteiger partial charge >= 0.3 is 0 Å². The van der Waals surface area contributed by atoms with Crippen LogP contribution in [-0.2, 0) is 10.3 Å². The molecule has 0 spiro atoms. The molecule has 0 saturated heterocycles. The van der Waals surface area contributed by atoms with Gasteiger partial charge in [-0.1, -0.05) is 41.9 Å². The van der Waals surface area contributed by atoms with Gasteiger partial charge in [-0.25, -0.2) is 4.79 Å². The van der Waals surface area contributed by atoms with E-state index in [2.05, 4.69) is 53.0 Å². The van der Waals surface area contributed by atoms with Crippen LogP contribution in [0.4, 0.5) is 0 Å². The third-order valence-corrected chi connectivity index (χ3v) is 4.81. The van der Waals surface area contributed by atoms with Gasteiger partial charge in [-0.2, -0.15) is 4.99 Å². The Hall–Kier alpha value is -0.920. The Morgan fingerprint density at radius 1 is 1.50 bits per heavy atom. The average Bonchev–Trinajstić information content (AvgIpc) is 2.32. The molecule has 1 unspecified atom stereocenters. The van der Waals surface area contributed by atoms with Crippen LogP contribution in [0.15, 0.2) is 27.7 Å². The predicted octanol–water partition coefficient (Wildman–Crippen LogP) is 4.68. The van der Waals surface area contributed by atoms with Gasteiger partial charge in [0.25, 0.3) is 0 Å². The van der Waals surface area contributed by atoms with E-state index in [0.29, 0.717) is 5.92 Å². The summed E-state index contributed by atoms with van der Waals surface area (Å²) >= 11 is 3.65. The molecule has 0 amide bonds. The molecule has 0 aromatic heterocycles. The smallest absolute Gasteiger partial charge is 0.211 e. The summed E-state index contributed by atoms with van der Waals surface area (Å²) in [5.74, 6) is 0.542. The minimum Gasteiger partial charge on any atom is -0.211 e. The van der Waals surface area contributed by atoms with Crippen molar-refractivity contribution in [2.24, 2.45) is 4.99 Å². The van der Waals surface area contributed by atoms with Crippen LogP contribution in [0.2, 0.25) is 0 Å². The third kappa shape index (κ3) is 2.30. The molecule has 0 N–H and O–H groups in total. The lowest BCUT2D eigenvalue weighted by molar-refractivity contribution is 0.256. The van der Waals surface area contributed by atoms with E-state index in [1.54, 1.807) is 6.08 Å². The summed E-state index contributed by atoms with van der Waals surface area (Å²) in [6.45, 7) is 4.41. The fourth-order valence-electron chi connectivity index (χ4n) is 2.50. The Balaban J connectivity index is 2.36. The Kier molecular flexibility index (Phi) is 4.04. The molecule has 1 saturated carbocycles. The third-order valence-electron chi connectivity index (χ3n) is 4.12. The molecule has 1 fully saturated rings. The fourth-order valence-corrected chi connectivity index (χ4v) is 3.27. The van der Waals surface area contributed by atoms with Crippen LogP contribution >= 0.6 is 15.9 Å². The monoisotopic (exact) mass is 307 g/mol. The molecule has 1 aliphatic rings. The number of hydrogen-bond donors (Lipinski definition) is 0. The molecular formula is C15H18BrNO. The first-order valence-corrected chi connectivity index (χ1v) is 7.31. The molecular weight excluding hydrogens is 290 g/mol. The highest BCUT2D eigenvalue weighted by Crippen LogP contribution is 2.46. The number of isocyanates is 1. The molecule has 18 heavy (non-hydrogen) atoms. The van der Waals surface area contributed by atoms with Crippen LogP contribution in [0.3, 0.4) is 0 Å². The van der Waals surface area contributed by atoms with E-state index in [1.165, 1.54) is 5.56 Å². The van der Waals surface area contributed by atoms with Crippen LogP contribution < -0.4 is 0 Å². The standard InChI is InChI=1S/C15H18BrNO/c1-3-11(2)13-6-5-12(9-14(13)16)15(17-10-18)7-4-8-15/h5-6,9,11H,3-4,7-8H2,1-2H3.